The second-order valence-electron chi connectivity index (χ2n) is 5.93. The Hall–Kier alpha value is -3.43. The van der Waals surface area contributed by atoms with Crippen molar-refractivity contribution in [3.05, 3.63) is 57.6 Å². The number of rotatable bonds is 6. The summed E-state index contributed by atoms with van der Waals surface area (Å²) in [6.07, 6.45) is 2.86. The van der Waals surface area contributed by atoms with Crippen LogP contribution in [0.3, 0.4) is 0 Å². The van der Waals surface area contributed by atoms with Crippen LogP contribution < -0.4 is 21.8 Å². The van der Waals surface area contributed by atoms with E-state index in [1.807, 2.05) is 0 Å². The number of amides is 2. The van der Waals surface area contributed by atoms with Gasteiger partial charge in [-0.2, -0.15) is 10.2 Å². The number of guanidine groups is 1. The molecule has 5 N–H and O–H groups in total. The molecule has 30 heavy (non-hydrogen) atoms. The Kier molecular flexibility index (Phi) is 8.33. The van der Waals surface area contributed by atoms with E-state index < -0.39 is 0 Å². The molecule has 0 heterocycles. The van der Waals surface area contributed by atoms with E-state index in [-0.39, 0.29) is 17.8 Å². The zero-order chi connectivity index (χ0) is 22.1. The van der Waals surface area contributed by atoms with Gasteiger partial charge in [-0.25, -0.2) is 5.43 Å². The van der Waals surface area contributed by atoms with E-state index in [0.717, 1.165) is 0 Å². The zero-order valence-corrected chi connectivity index (χ0v) is 17.6. The second kappa shape index (κ2) is 10.9. The van der Waals surface area contributed by atoms with Crippen molar-refractivity contribution in [3.8, 4) is 0 Å². The van der Waals surface area contributed by atoms with Crippen molar-refractivity contribution in [2.45, 2.75) is 13.8 Å². The van der Waals surface area contributed by atoms with Crippen molar-refractivity contribution in [2.24, 2.45) is 21.0 Å². The Bertz CT molecular complexity index is 1040. The first-order valence-electron chi connectivity index (χ1n) is 8.54. The van der Waals surface area contributed by atoms with E-state index in [2.05, 4.69) is 31.4 Å². The fraction of sp³-hybridized carbons (Fsp3) is 0.105. The molecule has 2 aromatic carbocycles. The number of carbonyl (C=O) groups excluding carboxylic acids is 2. The van der Waals surface area contributed by atoms with Gasteiger partial charge in [0.15, 0.2) is 0 Å². The monoisotopic (exact) mass is 447 g/mol. The van der Waals surface area contributed by atoms with Crippen LogP contribution in [0, 0.1) is 0 Å². The Labute approximate surface area is 183 Å². The topological polar surface area (TPSA) is 133 Å². The molecule has 0 saturated carbocycles. The molecule has 0 spiro atoms. The number of benzene rings is 2. The lowest BCUT2D eigenvalue weighted by Crippen LogP contribution is -2.26. The molecule has 2 amide bonds. The molecule has 0 radical (unpaired) electrons. The molecule has 0 atom stereocenters. The smallest absolute Gasteiger partial charge is 0.234 e. The predicted molar refractivity (Wildman–Crippen MR) is 121 cm³/mol. The summed E-state index contributed by atoms with van der Waals surface area (Å²) in [7, 11) is 0. The van der Waals surface area contributed by atoms with Crippen LogP contribution in [0.15, 0.2) is 51.7 Å². The van der Waals surface area contributed by atoms with E-state index in [1.54, 1.807) is 36.4 Å². The molecule has 0 saturated heterocycles. The summed E-state index contributed by atoms with van der Waals surface area (Å²) in [6, 6.07) is 9.88. The van der Waals surface area contributed by atoms with Crippen molar-refractivity contribution in [1.29, 1.82) is 0 Å². The summed E-state index contributed by atoms with van der Waals surface area (Å²) in [4.78, 5) is 22.6. The lowest BCUT2D eigenvalue weighted by molar-refractivity contribution is -0.115. The largest absolute Gasteiger partial charge is 0.367 e. The number of nitrogens with two attached hydrogens (primary N) is 1. The molecular weight excluding hydrogens is 429 g/mol. The number of carbonyl (C=O) groups is 2. The number of anilines is 2. The molecule has 9 nitrogen and oxygen atoms in total. The molecular formula is C19H19Cl2N7O2. The summed E-state index contributed by atoms with van der Waals surface area (Å²) < 4.78 is 0. The van der Waals surface area contributed by atoms with E-state index in [9.17, 15) is 9.59 Å². The highest BCUT2D eigenvalue weighted by molar-refractivity contribution is 6.31. The fourth-order valence-corrected chi connectivity index (χ4v) is 2.57. The summed E-state index contributed by atoms with van der Waals surface area (Å²) in [5.74, 6) is -0.560. The average Bonchev–Trinajstić information content (AvgIpc) is 2.64. The van der Waals surface area contributed by atoms with E-state index in [4.69, 9.17) is 28.9 Å². The van der Waals surface area contributed by atoms with Crippen LogP contribution in [0.2, 0.25) is 10.0 Å². The molecule has 0 aliphatic carbocycles. The number of nitrogens with one attached hydrogen (secondary N) is 3. The van der Waals surface area contributed by atoms with Gasteiger partial charge in [-0.05, 0) is 36.4 Å². The van der Waals surface area contributed by atoms with Crippen LogP contribution in [0.1, 0.15) is 25.0 Å². The number of hydrogen-bond donors (Lipinski definition) is 4. The lowest BCUT2D eigenvalue weighted by atomic mass is 10.2. The van der Waals surface area contributed by atoms with Crippen LogP contribution in [-0.4, -0.2) is 30.2 Å². The Morgan fingerprint density at radius 2 is 1.40 bits per heavy atom. The fourth-order valence-electron chi connectivity index (χ4n) is 2.22. The number of halogens is 2. The van der Waals surface area contributed by atoms with E-state index >= 15 is 0 Å². The minimum atomic E-state index is -0.244. The van der Waals surface area contributed by atoms with Crippen LogP contribution in [-0.2, 0) is 9.59 Å². The van der Waals surface area contributed by atoms with Crippen molar-refractivity contribution in [2.75, 3.05) is 10.6 Å². The highest BCUT2D eigenvalue weighted by Crippen LogP contribution is 2.20. The van der Waals surface area contributed by atoms with Crippen LogP contribution in [0.4, 0.5) is 11.4 Å². The van der Waals surface area contributed by atoms with Gasteiger partial charge in [0.05, 0.1) is 23.8 Å². The number of hydrazone groups is 1. The molecule has 0 aliphatic rings. The summed E-state index contributed by atoms with van der Waals surface area (Å²) in [6.45, 7) is 2.78. The third kappa shape index (κ3) is 7.53. The SMILES string of the molecule is CC(=O)Nc1cc(Cl)ccc1/C=N/N=C(N)N/N=C/c1ccc(Cl)cc1NC(C)=O. The van der Waals surface area contributed by atoms with Gasteiger partial charge in [-0.15, -0.1) is 5.10 Å². The Balaban J connectivity index is 2.06. The van der Waals surface area contributed by atoms with Crippen molar-refractivity contribution in [3.63, 3.8) is 0 Å². The molecule has 11 heteroatoms. The summed E-state index contributed by atoms with van der Waals surface area (Å²) in [5.41, 5.74) is 10.4. The van der Waals surface area contributed by atoms with Gasteiger partial charge in [0, 0.05) is 35.0 Å². The average molecular weight is 448 g/mol. The van der Waals surface area contributed by atoms with Crippen molar-refractivity contribution in [1.82, 2.24) is 5.43 Å². The third-order valence-electron chi connectivity index (χ3n) is 3.40. The molecule has 0 fully saturated rings. The van der Waals surface area contributed by atoms with Gasteiger partial charge < -0.3 is 16.4 Å². The minimum Gasteiger partial charge on any atom is -0.367 e. The molecule has 156 valence electrons. The van der Waals surface area contributed by atoms with E-state index in [0.29, 0.717) is 32.5 Å². The number of hydrogen-bond acceptors (Lipinski definition) is 5. The van der Waals surface area contributed by atoms with Gasteiger partial charge in [0.2, 0.25) is 17.8 Å². The molecule has 0 unspecified atom stereocenters. The van der Waals surface area contributed by atoms with E-state index in [1.165, 1.54) is 26.3 Å². The quantitative estimate of drug-likeness (QED) is 0.307. The van der Waals surface area contributed by atoms with Gasteiger partial charge in [0.1, 0.15) is 0 Å². The first-order chi connectivity index (χ1) is 14.2. The minimum absolute atomic E-state index is 0.0763. The molecule has 0 bridgehead atoms. The first kappa shape index (κ1) is 22.9. The molecule has 2 rings (SSSR count). The van der Waals surface area contributed by atoms with Gasteiger partial charge in [-0.3, -0.25) is 9.59 Å². The molecule has 2 aromatic rings. The second-order valence-corrected chi connectivity index (χ2v) is 6.80. The first-order valence-corrected chi connectivity index (χ1v) is 9.30. The maximum absolute atomic E-state index is 11.3. The summed E-state index contributed by atoms with van der Waals surface area (Å²) >= 11 is 11.9. The maximum Gasteiger partial charge on any atom is 0.234 e. The van der Waals surface area contributed by atoms with Crippen LogP contribution in [0.25, 0.3) is 0 Å². The maximum atomic E-state index is 11.3. The summed E-state index contributed by atoms with van der Waals surface area (Å²) in [5, 5.41) is 17.9. The normalized spacial score (nSPS) is 11.7. The number of nitrogens with zero attached hydrogens (tertiary/aromatic N) is 3. The van der Waals surface area contributed by atoms with Crippen LogP contribution in [0.5, 0.6) is 0 Å². The lowest BCUT2D eigenvalue weighted by Gasteiger charge is -2.07. The van der Waals surface area contributed by atoms with Gasteiger partial charge >= 0.3 is 0 Å². The zero-order valence-electron chi connectivity index (χ0n) is 16.1. The third-order valence-corrected chi connectivity index (χ3v) is 3.87. The molecule has 0 aliphatic heterocycles. The molecule has 0 aromatic heterocycles. The standard InChI is InChI=1S/C19H19Cl2N7O2/c1-11(29)25-17-7-15(20)5-3-13(17)9-23-27-19(22)28-24-10-14-4-6-16(21)8-18(14)26-12(2)30/h3-10H,1-2H3,(H,25,29)(H,26,30)(H3,22,27,28)/b23-9+,24-10+. The predicted octanol–water partition coefficient (Wildman–Crippen LogP) is 3.18. The Morgan fingerprint density at radius 3 is 1.90 bits per heavy atom. The van der Waals surface area contributed by atoms with Crippen LogP contribution >= 0.6 is 23.2 Å². The van der Waals surface area contributed by atoms with Crippen molar-refractivity contribution >= 4 is 64.8 Å². The van der Waals surface area contributed by atoms with Gasteiger partial charge in [0.25, 0.3) is 0 Å². The van der Waals surface area contributed by atoms with Crippen molar-refractivity contribution < 1.29 is 9.59 Å². The van der Waals surface area contributed by atoms with Gasteiger partial charge in [-0.1, -0.05) is 23.2 Å². The Morgan fingerprint density at radius 1 is 0.900 bits per heavy atom. The highest BCUT2D eigenvalue weighted by Gasteiger charge is 2.04. The highest BCUT2D eigenvalue weighted by atomic mass is 35.5.